The Balaban J connectivity index is 4.46. The van der Waals surface area contributed by atoms with Crippen molar-refractivity contribution in [1.82, 2.24) is 4.72 Å². The van der Waals surface area contributed by atoms with Crippen molar-refractivity contribution in [1.29, 1.82) is 0 Å². The third-order valence-corrected chi connectivity index (χ3v) is 4.27. The summed E-state index contributed by atoms with van der Waals surface area (Å²) in [6.07, 6.45) is 0.00694. The highest BCUT2D eigenvalue weighted by Gasteiger charge is 2.38. The molecule has 0 amide bonds. The zero-order chi connectivity index (χ0) is 13.9. The molecule has 0 saturated carbocycles. The smallest absolute Gasteiger partial charge is 0.214 e. The second-order valence-corrected chi connectivity index (χ2v) is 7.37. The topological polar surface area (TPSA) is 75.6 Å². The van der Waals surface area contributed by atoms with Crippen molar-refractivity contribution in [2.45, 2.75) is 58.8 Å². The molecule has 0 saturated heterocycles. The molecular weight excluding hydrogens is 242 g/mol. The van der Waals surface area contributed by atoms with E-state index in [2.05, 4.69) is 4.72 Å². The summed E-state index contributed by atoms with van der Waals surface area (Å²) in [5.74, 6) is -0.106. The minimum absolute atomic E-state index is 0.00694. The molecule has 0 bridgehead atoms. The Morgan fingerprint density at radius 1 is 1.24 bits per heavy atom. The lowest BCUT2D eigenvalue weighted by molar-refractivity contribution is 0.00621. The van der Waals surface area contributed by atoms with E-state index in [0.717, 1.165) is 0 Å². The summed E-state index contributed by atoms with van der Waals surface area (Å²) in [5.41, 5.74) is -2.07. The number of sulfonamides is 1. The number of hydrogen-bond donors (Lipinski definition) is 2. The molecule has 0 heterocycles. The Kier molecular flexibility index (Phi) is 5.59. The van der Waals surface area contributed by atoms with Crippen LogP contribution in [0.5, 0.6) is 0 Å². The van der Waals surface area contributed by atoms with E-state index in [1.54, 1.807) is 27.7 Å². The second kappa shape index (κ2) is 5.65. The number of nitrogens with one attached hydrogen (secondary N) is 1. The minimum atomic E-state index is -3.45. The summed E-state index contributed by atoms with van der Waals surface area (Å²) in [6, 6.07) is 0. The maximum absolute atomic E-state index is 11.8. The summed E-state index contributed by atoms with van der Waals surface area (Å²) in [7, 11) is -3.45. The van der Waals surface area contributed by atoms with E-state index in [0.29, 0.717) is 0 Å². The SMILES string of the molecule is CC(C)OCCS(=O)(=O)NC(C)(C)C(C)(C)O. The molecule has 0 unspecified atom stereocenters. The van der Waals surface area contributed by atoms with E-state index in [-0.39, 0.29) is 18.5 Å². The molecule has 0 aromatic carbocycles. The first-order valence-electron chi connectivity index (χ1n) is 5.73. The molecule has 0 aliphatic heterocycles. The molecule has 0 aromatic heterocycles. The van der Waals surface area contributed by atoms with E-state index in [1.807, 2.05) is 13.8 Å². The number of rotatable bonds is 7. The van der Waals surface area contributed by atoms with E-state index < -0.39 is 21.2 Å². The molecular formula is C11H25NO4S. The standard InChI is InChI=1S/C11H25NO4S/c1-9(2)16-7-8-17(14,15)12-10(3,4)11(5,6)13/h9,12-13H,7-8H2,1-6H3. The van der Waals surface area contributed by atoms with Gasteiger partial charge in [-0.3, -0.25) is 0 Å². The fraction of sp³-hybridized carbons (Fsp3) is 1.00. The molecule has 0 spiro atoms. The van der Waals surface area contributed by atoms with Crippen LogP contribution in [0, 0.1) is 0 Å². The van der Waals surface area contributed by atoms with Crippen molar-refractivity contribution < 1.29 is 18.3 Å². The lowest BCUT2D eigenvalue weighted by Crippen LogP contribution is -2.58. The first-order chi connectivity index (χ1) is 7.37. The number of ether oxygens (including phenoxy) is 1. The highest BCUT2D eigenvalue weighted by Crippen LogP contribution is 2.21. The van der Waals surface area contributed by atoms with Crippen LogP contribution in [0.3, 0.4) is 0 Å². The molecule has 5 nitrogen and oxygen atoms in total. The van der Waals surface area contributed by atoms with Gasteiger partial charge in [0.2, 0.25) is 10.0 Å². The van der Waals surface area contributed by atoms with Crippen LogP contribution in [0.25, 0.3) is 0 Å². The molecule has 0 aliphatic rings. The third-order valence-electron chi connectivity index (χ3n) is 2.74. The van der Waals surface area contributed by atoms with E-state index in [9.17, 15) is 13.5 Å². The molecule has 0 aliphatic carbocycles. The van der Waals surface area contributed by atoms with Crippen LogP contribution in [0.2, 0.25) is 0 Å². The van der Waals surface area contributed by atoms with Gasteiger partial charge in [0.15, 0.2) is 0 Å². The summed E-state index contributed by atoms with van der Waals surface area (Å²) in [4.78, 5) is 0. The van der Waals surface area contributed by atoms with Gasteiger partial charge in [-0.1, -0.05) is 0 Å². The largest absolute Gasteiger partial charge is 0.389 e. The maximum atomic E-state index is 11.8. The second-order valence-electron chi connectivity index (χ2n) is 5.52. The Morgan fingerprint density at radius 2 is 1.71 bits per heavy atom. The monoisotopic (exact) mass is 267 g/mol. The average molecular weight is 267 g/mol. The highest BCUT2D eigenvalue weighted by atomic mass is 32.2. The van der Waals surface area contributed by atoms with E-state index >= 15 is 0 Å². The van der Waals surface area contributed by atoms with Gasteiger partial charge < -0.3 is 9.84 Å². The molecule has 17 heavy (non-hydrogen) atoms. The van der Waals surface area contributed by atoms with Gasteiger partial charge in [-0.25, -0.2) is 13.1 Å². The van der Waals surface area contributed by atoms with Crippen LogP contribution in [0.1, 0.15) is 41.5 Å². The van der Waals surface area contributed by atoms with Gasteiger partial charge in [0.25, 0.3) is 0 Å². The van der Waals surface area contributed by atoms with Crippen LogP contribution >= 0.6 is 0 Å². The Morgan fingerprint density at radius 3 is 2.06 bits per heavy atom. The average Bonchev–Trinajstić information content (AvgIpc) is 1.97. The first kappa shape index (κ1) is 16.8. The Hall–Kier alpha value is -0.170. The maximum Gasteiger partial charge on any atom is 0.214 e. The van der Waals surface area contributed by atoms with Gasteiger partial charge in [0.05, 0.1) is 29.6 Å². The predicted molar refractivity (Wildman–Crippen MR) is 68.4 cm³/mol. The quantitative estimate of drug-likeness (QED) is 0.718. The van der Waals surface area contributed by atoms with Crippen LogP contribution in [0.15, 0.2) is 0 Å². The molecule has 0 fully saturated rings. The van der Waals surface area contributed by atoms with Crippen LogP contribution < -0.4 is 4.72 Å². The number of hydrogen-bond acceptors (Lipinski definition) is 4. The van der Waals surface area contributed by atoms with Gasteiger partial charge >= 0.3 is 0 Å². The molecule has 2 N–H and O–H groups in total. The molecule has 0 aromatic rings. The lowest BCUT2D eigenvalue weighted by Gasteiger charge is -2.37. The van der Waals surface area contributed by atoms with Gasteiger partial charge in [-0.05, 0) is 41.5 Å². The zero-order valence-electron chi connectivity index (χ0n) is 11.6. The van der Waals surface area contributed by atoms with Crippen LogP contribution in [0.4, 0.5) is 0 Å². The van der Waals surface area contributed by atoms with E-state index in [4.69, 9.17) is 4.74 Å². The Labute approximate surface area is 105 Å². The van der Waals surface area contributed by atoms with Gasteiger partial charge in [0.1, 0.15) is 0 Å². The highest BCUT2D eigenvalue weighted by molar-refractivity contribution is 7.89. The zero-order valence-corrected chi connectivity index (χ0v) is 12.4. The lowest BCUT2D eigenvalue weighted by atomic mass is 9.87. The summed E-state index contributed by atoms with van der Waals surface area (Å²) >= 11 is 0. The molecule has 104 valence electrons. The van der Waals surface area contributed by atoms with Crippen LogP contribution in [-0.4, -0.2) is 43.1 Å². The van der Waals surface area contributed by atoms with Crippen molar-refractivity contribution in [3.63, 3.8) is 0 Å². The minimum Gasteiger partial charge on any atom is -0.389 e. The molecule has 0 radical (unpaired) electrons. The van der Waals surface area contributed by atoms with Gasteiger partial charge in [-0.15, -0.1) is 0 Å². The van der Waals surface area contributed by atoms with Crippen molar-refractivity contribution in [2.75, 3.05) is 12.4 Å². The normalized spacial score (nSPS) is 14.4. The third kappa shape index (κ3) is 6.35. The van der Waals surface area contributed by atoms with Gasteiger partial charge in [0, 0.05) is 0 Å². The predicted octanol–water partition coefficient (Wildman–Crippen LogP) is 0.880. The summed E-state index contributed by atoms with van der Waals surface area (Å²) in [5, 5.41) is 9.86. The van der Waals surface area contributed by atoms with E-state index in [1.165, 1.54) is 0 Å². The fourth-order valence-corrected chi connectivity index (χ4v) is 2.40. The first-order valence-corrected chi connectivity index (χ1v) is 7.38. The molecule has 0 atom stereocenters. The van der Waals surface area contributed by atoms with Crippen molar-refractivity contribution in [2.24, 2.45) is 0 Å². The molecule has 6 heteroatoms. The van der Waals surface area contributed by atoms with Gasteiger partial charge in [-0.2, -0.15) is 0 Å². The fourth-order valence-electron chi connectivity index (χ4n) is 0.958. The summed E-state index contributed by atoms with van der Waals surface area (Å²) < 4.78 is 31.2. The molecule has 0 rings (SSSR count). The summed E-state index contributed by atoms with van der Waals surface area (Å²) in [6.45, 7) is 10.3. The van der Waals surface area contributed by atoms with Crippen LogP contribution in [-0.2, 0) is 14.8 Å². The van der Waals surface area contributed by atoms with Crippen molar-refractivity contribution in [3.8, 4) is 0 Å². The van der Waals surface area contributed by atoms with Crippen molar-refractivity contribution >= 4 is 10.0 Å². The van der Waals surface area contributed by atoms with Crippen molar-refractivity contribution in [3.05, 3.63) is 0 Å². The number of aliphatic hydroxyl groups is 1. The Bertz CT molecular complexity index is 328.